The number of halogens is 2. The number of ether oxygens (including phenoxy) is 3. The first kappa shape index (κ1) is 15.0. The Hall–Kier alpha value is -1.37. The molecule has 1 aliphatic rings. The second-order valence-corrected chi connectivity index (χ2v) is 4.82. The fourth-order valence-electron chi connectivity index (χ4n) is 1.72. The summed E-state index contributed by atoms with van der Waals surface area (Å²) in [5.41, 5.74) is 4.36. The van der Waals surface area contributed by atoms with Gasteiger partial charge in [0, 0.05) is 0 Å². The third kappa shape index (κ3) is 2.35. The van der Waals surface area contributed by atoms with Crippen molar-refractivity contribution in [3.63, 3.8) is 0 Å². The first-order valence-corrected chi connectivity index (χ1v) is 5.62. The van der Waals surface area contributed by atoms with E-state index in [0.29, 0.717) is 0 Å². The van der Waals surface area contributed by atoms with Gasteiger partial charge in [-0.3, -0.25) is 0 Å². The molecule has 1 heterocycles. The van der Waals surface area contributed by atoms with E-state index in [-0.39, 0.29) is 22.8 Å². The molecule has 100 valence electrons. The second kappa shape index (κ2) is 4.31. The molecule has 0 fully saturated rings. The van der Waals surface area contributed by atoms with Gasteiger partial charge in [0.2, 0.25) is 5.75 Å². The van der Waals surface area contributed by atoms with E-state index in [9.17, 15) is 8.78 Å². The average molecular weight is 275 g/mol. The minimum atomic E-state index is -3.78. The third-order valence-corrected chi connectivity index (χ3v) is 3.06. The monoisotopic (exact) mass is 275 g/mol. The van der Waals surface area contributed by atoms with E-state index in [0.717, 1.165) is 0 Å². The fraction of sp³-hybridized carbons (Fsp3) is 0.455. The number of benzene rings is 1. The van der Waals surface area contributed by atoms with Gasteiger partial charge in [-0.2, -0.15) is 0 Å². The highest BCUT2D eigenvalue weighted by Gasteiger charge is 2.46. The number of hydrogen-bond acceptors (Lipinski definition) is 4. The van der Waals surface area contributed by atoms with Crippen LogP contribution in [0.5, 0.6) is 17.2 Å². The maximum Gasteiger partial charge on any atom is 0.586 e. The molecule has 1 aromatic rings. The van der Waals surface area contributed by atoms with Crippen molar-refractivity contribution < 1.29 is 23.0 Å². The molecule has 0 saturated carbocycles. The summed E-state index contributed by atoms with van der Waals surface area (Å²) in [5.74, 6) is -0.513. The van der Waals surface area contributed by atoms with Crippen molar-refractivity contribution in [1.29, 1.82) is 0 Å². The molecule has 2 N–H and O–H groups in total. The number of rotatable bonds is 3. The zero-order chi connectivity index (χ0) is 15.3. The minimum absolute atomic E-state index is 0.0146. The molecule has 1 atom stereocenters. The molecule has 9 heteroatoms. The molecule has 0 spiro atoms. The van der Waals surface area contributed by atoms with Gasteiger partial charge in [0.05, 0.1) is 30.6 Å². The van der Waals surface area contributed by atoms with Gasteiger partial charge >= 0.3 is 6.29 Å². The molecule has 20 heavy (non-hydrogen) atoms. The molecule has 0 amide bonds. The quantitative estimate of drug-likeness (QED) is 0.808. The van der Waals surface area contributed by atoms with Gasteiger partial charge in [-0.05, 0) is 17.6 Å². The van der Waals surface area contributed by atoms with Crippen molar-refractivity contribution in [2.45, 2.75) is 23.9 Å². The number of nitrogens with two attached hydrogens (primary N) is 1. The normalized spacial score (nSPS) is 19.4. The van der Waals surface area contributed by atoms with E-state index in [2.05, 4.69) is 9.47 Å². The zero-order valence-electron chi connectivity index (χ0n) is 10.9. The SMILES string of the molecule is [B]C(C)(N)C([B])([B])c1cc(OC)c2c(c1)OC(F)(F)O2. The van der Waals surface area contributed by atoms with Crippen molar-refractivity contribution >= 4 is 23.5 Å². The number of methoxy groups -OCH3 is 1. The van der Waals surface area contributed by atoms with Crippen LogP contribution in [-0.2, 0) is 5.21 Å². The summed E-state index contributed by atoms with van der Waals surface area (Å²) in [6, 6.07) is 2.51. The van der Waals surface area contributed by atoms with Crippen LogP contribution >= 0.6 is 0 Å². The summed E-state index contributed by atoms with van der Waals surface area (Å²) in [5, 5.41) is -1.70. The van der Waals surface area contributed by atoms with Crippen LogP contribution in [0.25, 0.3) is 0 Å². The highest BCUT2D eigenvalue weighted by molar-refractivity contribution is 6.45. The standard InChI is InChI=1S/C11H10B3F2NO3/c1-9(12,17)10(13,14)5-3-6(18-2)8-7(4-5)19-11(15,16)20-8/h3-4H,17H2,1-2H3. The van der Waals surface area contributed by atoms with Crippen LogP contribution in [0.3, 0.4) is 0 Å². The Balaban J connectivity index is 2.56. The summed E-state index contributed by atoms with van der Waals surface area (Å²) in [6.07, 6.45) is -3.78. The second-order valence-electron chi connectivity index (χ2n) is 4.82. The van der Waals surface area contributed by atoms with Gasteiger partial charge in [0.1, 0.15) is 0 Å². The van der Waals surface area contributed by atoms with Crippen LogP contribution in [-0.4, -0.2) is 42.4 Å². The predicted molar refractivity (Wildman–Crippen MR) is 70.7 cm³/mol. The molecular formula is C11H10B3F2NO3. The molecule has 0 aliphatic carbocycles. The highest BCUT2D eigenvalue weighted by atomic mass is 19.3. The van der Waals surface area contributed by atoms with Crippen molar-refractivity contribution in [1.82, 2.24) is 0 Å². The lowest BCUT2D eigenvalue weighted by molar-refractivity contribution is -0.287. The van der Waals surface area contributed by atoms with Gasteiger partial charge in [-0.1, -0.05) is 17.7 Å². The van der Waals surface area contributed by atoms with Gasteiger partial charge in [-0.15, -0.1) is 8.78 Å². The number of hydrogen-bond donors (Lipinski definition) is 1. The Morgan fingerprint density at radius 1 is 1.25 bits per heavy atom. The molecule has 1 unspecified atom stereocenters. The van der Waals surface area contributed by atoms with E-state index in [1.807, 2.05) is 0 Å². The minimum Gasteiger partial charge on any atom is -0.493 e. The molecular weight excluding hydrogens is 265 g/mol. The summed E-state index contributed by atoms with van der Waals surface area (Å²) >= 11 is 0. The van der Waals surface area contributed by atoms with E-state index in [1.54, 1.807) is 0 Å². The van der Waals surface area contributed by atoms with Crippen molar-refractivity contribution in [3.05, 3.63) is 17.7 Å². The highest BCUT2D eigenvalue weighted by Crippen LogP contribution is 2.49. The maximum absolute atomic E-state index is 13.1. The van der Waals surface area contributed by atoms with E-state index >= 15 is 0 Å². The molecule has 0 bridgehead atoms. The summed E-state index contributed by atoms with van der Waals surface area (Å²) in [4.78, 5) is 0. The largest absolute Gasteiger partial charge is 0.586 e. The van der Waals surface area contributed by atoms with Crippen LogP contribution < -0.4 is 19.9 Å². The number of fused-ring (bicyclic) bond motifs is 1. The summed E-state index contributed by atoms with van der Waals surface area (Å²) < 4.78 is 39.9. The molecule has 0 aromatic heterocycles. The smallest absolute Gasteiger partial charge is 0.493 e. The van der Waals surface area contributed by atoms with Crippen LogP contribution in [0, 0.1) is 0 Å². The van der Waals surface area contributed by atoms with Crippen LogP contribution in [0.1, 0.15) is 12.5 Å². The summed E-state index contributed by atoms with van der Waals surface area (Å²) in [7, 11) is 18.8. The maximum atomic E-state index is 13.1. The van der Waals surface area contributed by atoms with Crippen molar-refractivity contribution in [3.8, 4) is 17.2 Å². The van der Waals surface area contributed by atoms with Crippen LogP contribution in [0.4, 0.5) is 8.78 Å². The van der Waals surface area contributed by atoms with Crippen molar-refractivity contribution in [2.75, 3.05) is 7.11 Å². The van der Waals surface area contributed by atoms with E-state index in [1.165, 1.54) is 26.2 Å². The molecule has 2 rings (SSSR count). The van der Waals surface area contributed by atoms with Gasteiger partial charge in [0.25, 0.3) is 0 Å². The molecule has 4 nitrogen and oxygen atoms in total. The van der Waals surface area contributed by atoms with Crippen LogP contribution in [0.15, 0.2) is 12.1 Å². The summed E-state index contributed by atoms with van der Waals surface area (Å²) in [6.45, 7) is 1.40. The van der Waals surface area contributed by atoms with Gasteiger partial charge in [0.15, 0.2) is 11.5 Å². The van der Waals surface area contributed by atoms with Gasteiger partial charge in [-0.25, -0.2) is 0 Å². The van der Waals surface area contributed by atoms with E-state index < -0.39 is 16.9 Å². The first-order chi connectivity index (χ1) is 8.98. The molecule has 6 radical (unpaired) electrons. The Morgan fingerprint density at radius 3 is 2.35 bits per heavy atom. The Kier molecular flexibility index (Phi) is 3.24. The van der Waals surface area contributed by atoms with Crippen LogP contribution in [0.2, 0.25) is 0 Å². The number of alkyl halides is 2. The fourth-order valence-corrected chi connectivity index (χ4v) is 1.72. The molecule has 1 aromatic carbocycles. The lowest BCUT2D eigenvalue weighted by Gasteiger charge is -2.41. The molecule has 1 aliphatic heterocycles. The Bertz CT molecular complexity index is 546. The van der Waals surface area contributed by atoms with E-state index in [4.69, 9.17) is 34.0 Å². The third-order valence-electron chi connectivity index (χ3n) is 3.06. The van der Waals surface area contributed by atoms with Crippen molar-refractivity contribution in [2.24, 2.45) is 5.73 Å². The van der Waals surface area contributed by atoms with Gasteiger partial charge < -0.3 is 19.9 Å². The predicted octanol–water partition coefficient (Wildman–Crippen LogP) is 0.350. The lowest BCUT2D eigenvalue weighted by Crippen LogP contribution is -2.57. The Labute approximate surface area is 119 Å². The zero-order valence-corrected chi connectivity index (χ0v) is 10.9. The Morgan fingerprint density at radius 2 is 1.85 bits per heavy atom. The average Bonchev–Trinajstić information content (AvgIpc) is 2.59. The molecule has 0 saturated heterocycles. The lowest BCUT2D eigenvalue weighted by atomic mass is 9.38. The first-order valence-electron chi connectivity index (χ1n) is 5.62. The topological polar surface area (TPSA) is 53.7 Å².